The second kappa shape index (κ2) is 8.99. The maximum absolute atomic E-state index is 13.3. The monoisotopic (exact) mass is 486 g/mol. The first-order valence-corrected chi connectivity index (χ1v) is 11.8. The maximum Gasteiger partial charge on any atom is 0.228 e. The van der Waals surface area contributed by atoms with Crippen molar-refractivity contribution in [3.8, 4) is 5.69 Å². The van der Waals surface area contributed by atoms with Gasteiger partial charge in [-0.25, -0.2) is 14.4 Å². The predicted molar refractivity (Wildman–Crippen MR) is 130 cm³/mol. The average molecular weight is 487 g/mol. The van der Waals surface area contributed by atoms with Crippen molar-refractivity contribution in [3.63, 3.8) is 0 Å². The van der Waals surface area contributed by atoms with Gasteiger partial charge in [0.2, 0.25) is 11.8 Å². The van der Waals surface area contributed by atoms with Gasteiger partial charge in [0.25, 0.3) is 0 Å². The second-order valence-electron chi connectivity index (χ2n) is 8.90. The summed E-state index contributed by atoms with van der Waals surface area (Å²) in [5.74, 6) is -0.0413. The molecule has 0 aliphatic carbocycles. The van der Waals surface area contributed by atoms with Crippen LogP contribution in [0.1, 0.15) is 6.42 Å². The molecule has 36 heavy (non-hydrogen) atoms. The molecule has 2 aromatic heterocycles. The predicted octanol–water partition coefficient (Wildman–Crippen LogP) is 2.05. The molecule has 2 amide bonds. The van der Waals surface area contributed by atoms with Gasteiger partial charge in [0, 0.05) is 44.8 Å². The largest absolute Gasteiger partial charge is 0.351 e. The first-order valence-electron chi connectivity index (χ1n) is 11.8. The minimum absolute atomic E-state index is 0.0107. The molecule has 2 aliphatic heterocycles. The van der Waals surface area contributed by atoms with Crippen molar-refractivity contribution in [2.75, 3.05) is 42.5 Å². The number of para-hydroxylation sites is 1. The van der Waals surface area contributed by atoms with Crippen molar-refractivity contribution in [2.45, 2.75) is 6.42 Å². The molecule has 2 aliphatic rings. The Labute approximate surface area is 206 Å². The Morgan fingerprint density at radius 1 is 0.917 bits per heavy atom. The number of carbonyl (C=O) groups excluding carboxylic acids is 2. The summed E-state index contributed by atoms with van der Waals surface area (Å²) in [4.78, 5) is 40.1. The minimum atomic E-state index is -0.342. The Morgan fingerprint density at radius 3 is 2.42 bits per heavy atom. The van der Waals surface area contributed by atoms with Gasteiger partial charge in [0.15, 0.2) is 17.0 Å². The second-order valence-corrected chi connectivity index (χ2v) is 8.90. The smallest absolute Gasteiger partial charge is 0.228 e. The third kappa shape index (κ3) is 3.92. The molecular weight excluding hydrogens is 463 g/mol. The van der Waals surface area contributed by atoms with Crippen molar-refractivity contribution in [1.29, 1.82) is 0 Å². The Hall–Kier alpha value is -4.41. The minimum Gasteiger partial charge on any atom is -0.351 e. The van der Waals surface area contributed by atoms with E-state index in [0.29, 0.717) is 55.4 Å². The Kier molecular flexibility index (Phi) is 5.51. The zero-order valence-corrected chi connectivity index (χ0v) is 19.4. The summed E-state index contributed by atoms with van der Waals surface area (Å²) in [6, 6.07) is 15.4. The van der Waals surface area contributed by atoms with Gasteiger partial charge >= 0.3 is 0 Å². The van der Waals surface area contributed by atoms with Crippen LogP contribution < -0.4 is 9.80 Å². The Morgan fingerprint density at radius 2 is 1.67 bits per heavy atom. The number of hydrogen-bond donors (Lipinski definition) is 0. The Balaban J connectivity index is 1.14. The van der Waals surface area contributed by atoms with Gasteiger partial charge in [-0.3, -0.25) is 9.59 Å². The standard InChI is InChI=1S/C25H23FN8O2/c26-18-6-8-20(9-7-18)34-24-22(29-30-34)23(27-16-28-24)31-10-12-32(13-11-31)25(36)17-14-21(35)33(15-17)19-4-2-1-3-5-19/h1-9,16-17H,10-15H2. The number of piperazine rings is 1. The molecule has 4 heterocycles. The summed E-state index contributed by atoms with van der Waals surface area (Å²) in [7, 11) is 0. The molecule has 2 saturated heterocycles. The summed E-state index contributed by atoms with van der Waals surface area (Å²) >= 11 is 0. The SMILES string of the molecule is O=C(C1CC(=O)N(c2ccccc2)C1)N1CCN(c2ncnc3c2nnn3-c2ccc(F)cc2)CC1. The van der Waals surface area contributed by atoms with Crippen LogP contribution in [0.3, 0.4) is 0 Å². The highest BCUT2D eigenvalue weighted by Gasteiger charge is 2.38. The molecule has 0 spiro atoms. The van der Waals surface area contributed by atoms with Crippen molar-refractivity contribution in [2.24, 2.45) is 5.92 Å². The van der Waals surface area contributed by atoms with Crippen molar-refractivity contribution in [1.82, 2.24) is 29.9 Å². The molecule has 0 bridgehead atoms. The molecule has 0 radical (unpaired) electrons. The zero-order chi connectivity index (χ0) is 24.6. The van der Waals surface area contributed by atoms with Crippen LogP contribution in [0.15, 0.2) is 60.9 Å². The number of hydrogen-bond acceptors (Lipinski definition) is 7. The van der Waals surface area contributed by atoms with E-state index in [1.807, 2.05) is 35.2 Å². The van der Waals surface area contributed by atoms with Crippen LogP contribution >= 0.6 is 0 Å². The van der Waals surface area contributed by atoms with Crippen LogP contribution in [-0.2, 0) is 9.59 Å². The molecule has 1 atom stereocenters. The Bertz CT molecular complexity index is 1420. The van der Waals surface area contributed by atoms with E-state index in [2.05, 4.69) is 25.2 Å². The molecule has 1 unspecified atom stereocenters. The van der Waals surface area contributed by atoms with Gasteiger partial charge in [-0.1, -0.05) is 23.4 Å². The molecule has 0 N–H and O–H groups in total. The number of anilines is 2. The molecule has 6 rings (SSSR count). The average Bonchev–Trinajstić information content (AvgIpc) is 3.53. The first-order chi connectivity index (χ1) is 17.6. The van der Waals surface area contributed by atoms with E-state index in [1.54, 1.807) is 21.7 Å². The molecular formula is C25H23FN8O2. The highest BCUT2D eigenvalue weighted by atomic mass is 19.1. The van der Waals surface area contributed by atoms with Gasteiger partial charge in [0.05, 0.1) is 11.6 Å². The number of amides is 2. The third-order valence-electron chi connectivity index (χ3n) is 6.72. The van der Waals surface area contributed by atoms with Gasteiger partial charge in [-0.05, 0) is 36.4 Å². The van der Waals surface area contributed by atoms with E-state index in [1.165, 1.54) is 18.5 Å². The molecule has 2 fully saturated rings. The summed E-state index contributed by atoms with van der Waals surface area (Å²) in [6.07, 6.45) is 1.69. The fourth-order valence-electron chi connectivity index (χ4n) is 4.85. The lowest BCUT2D eigenvalue weighted by Crippen LogP contribution is -2.51. The summed E-state index contributed by atoms with van der Waals surface area (Å²) in [5, 5.41) is 8.48. The normalized spacial score (nSPS) is 18.3. The highest BCUT2D eigenvalue weighted by Crippen LogP contribution is 2.28. The number of nitrogens with zero attached hydrogens (tertiary/aromatic N) is 8. The van der Waals surface area contributed by atoms with E-state index >= 15 is 0 Å². The van der Waals surface area contributed by atoms with Crippen LogP contribution in [0, 0.1) is 11.7 Å². The van der Waals surface area contributed by atoms with E-state index in [0.717, 1.165) is 5.69 Å². The number of rotatable bonds is 4. The van der Waals surface area contributed by atoms with Crippen molar-refractivity contribution >= 4 is 34.5 Å². The van der Waals surface area contributed by atoms with Crippen LogP contribution in [0.2, 0.25) is 0 Å². The van der Waals surface area contributed by atoms with Crippen LogP contribution in [0.5, 0.6) is 0 Å². The number of benzene rings is 2. The van der Waals surface area contributed by atoms with Crippen molar-refractivity contribution < 1.29 is 14.0 Å². The lowest BCUT2D eigenvalue weighted by Gasteiger charge is -2.36. The number of carbonyl (C=O) groups is 2. The van der Waals surface area contributed by atoms with Gasteiger partial charge < -0.3 is 14.7 Å². The lowest BCUT2D eigenvalue weighted by atomic mass is 10.1. The van der Waals surface area contributed by atoms with E-state index in [4.69, 9.17) is 0 Å². The van der Waals surface area contributed by atoms with Crippen LogP contribution in [0.4, 0.5) is 15.9 Å². The van der Waals surface area contributed by atoms with Gasteiger partial charge in [0.1, 0.15) is 12.1 Å². The quantitative estimate of drug-likeness (QED) is 0.435. The van der Waals surface area contributed by atoms with Crippen LogP contribution in [-0.4, -0.2) is 74.4 Å². The topological polar surface area (TPSA) is 100 Å². The maximum atomic E-state index is 13.3. The molecule has 2 aromatic carbocycles. The zero-order valence-electron chi connectivity index (χ0n) is 19.4. The highest BCUT2D eigenvalue weighted by molar-refractivity contribution is 6.00. The molecule has 182 valence electrons. The van der Waals surface area contributed by atoms with Gasteiger partial charge in [-0.15, -0.1) is 5.10 Å². The fourth-order valence-corrected chi connectivity index (χ4v) is 4.85. The van der Waals surface area contributed by atoms with Gasteiger partial charge in [-0.2, -0.15) is 4.68 Å². The van der Waals surface area contributed by atoms with E-state index in [-0.39, 0.29) is 30.0 Å². The lowest BCUT2D eigenvalue weighted by molar-refractivity contribution is -0.136. The van der Waals surface area contributed by atoms with Crippen molar-refractivity contribution in [3.05, 3.63) is 66.7 Å². The molecule has 11 heteroatoms. The molecule has 0 saturated carbocycles. The van der Waals surface area contributed by atoms with E-state index < -0.39 is 0 Å². The summed E-state index contributed by atoms with van der Waals surface area (Å²) in [6.45, 7) is 2.59. The number of aromatic nitrogens is 5. The fraction of sp³-hybridized carbons (Fsp3) is 0.280. The summed E-state index contributed by atoms with van der Waals surface area (Å²) < 4.78 is 14.9. The summed E-state index contributed by atoms with van der Waals surface area (Å²) in [5.41, 5.74) is 2.54. The first kappa shape index (κ1) is 22.1. The van der Waals surface area contributed by atoms with Crippen LogP contribution in [0.25, 0.3) is 16.9 Å². The third-order valence-corrected chi connectivity index (χ3v) is 6.72. The molecule has 4 aromatic rings. The number of halogens is 1. The number of fused-ring (bicyclic) bond motifs is 1. The van der Waals surface area contributed by atoms with E-state index in [9.17, 15) is 14.0 Å². The molecule has 10 nitrogen and oxygen atoms in total.